The number of sulfone groups is 1. The Balaban J connectivity index is 1.59. The van der Waals surface area contributed by atoms with E-state index in [9.17, 15) is 13.2 Å². The molecule has 0 aliphatic heterocycles. The van der Waals surface area contributed by atoms with E-state index >= 15 is 0 Å². The molecule has 0 spiro atoms. The van der Waals surface area contributed by atoms with Crippen LogP contribution in [-0.4, -0.2) is 25.1 Å². The maximum atomic E-state index is 12.3. The van der Waals surface area contributed by atoms with Crippen LogP contribution in [0.15, 0.2) is 48.7 Å². The van der Waals surface area contributed by atoms with Gasteiger partial charge >= 0.3 is 0 Å². The second kappa shape index (κ2) is 9.58. The highest BCUT2D eigenvalue weighted by Gasteiger charge is 2.19. The van der Waals surface area contributed by atoms with E-state index in [-0.39, 0.29) is 5.75 Å². The molecule has 0 aliphatic carbocycles. The van der Waals surface area contributed by atoms with Gasteiger partial charge in [-0.1, -0.05) is 47.5 Å². The predicted octanol–water partition coefficient (Wildman–Crippen LogP) is 4.47. The van der Waals surface area contributed by atoms with E-state index in [2.05, 4.69) is 10.3 Å². The van der Waals surface area contributed by atoms with E-state index in [1.54, 1.807) is 30.5 Å². The van der Waals surface area contributed by atoms with Gasteiger partial charge in [-0.25, -0.2) is 13.4 Å². The zero-order valence-corrected chi connectivity index (χ0v) is 18.6. The summed E-state index contributed by atoms with van der Waals surface area (Å²) in [6, 6.07) is 13.5. The van der Waals surface area contributed by atoms with Gasteiger partial charge in [-0.2, -0.15) is 5.26 Å². The summed E-state index contributed by atoms with van der Waals surface area (Å²) in [6.45, 7) is 0. The second-order valence-corrected chi connectivity index (χ2v) is 10.4. The highest BCUT2D eigenvalue weighted by atomic mass is 35.5. The van der Waals surface area contributed by atoms with Crippen LogP contribution in [0.3, 0.4) is 0 Å². The molecule has 1 N–H and O–H groups in total. The first-order valence-corrected chi connectivity index (χ1v) is 12.0. The molecular weight excluding hydrogens is 465 g/mol. The lowest BCUT2D eigenvalue weighted by molar-refractivity contribution is -0.113. The number of benzene rings is 2. The third-order valence-corrected chi connectivity index (χ3v) is 7.26. The van der Waals surface area contributed by atoms with E-state index in [1.165, 1.54) is 23.5 Å². The molecule has 3 aromatic rings. The molecule has 10 heteroatoms. The molecule has 30 heavy (non-hydrogen) atoms. The highest BCUT2D eigenvalue weighted by Crippen LogP contribution is 2.29. The summed E-state index contributed by atoms with van der Waals surface area (Å²) < 4.78 is 24.6. The average molecular weight is 480 g/mol. The molecule has 0 saturated carbocycles. The third kappa shape index (κ3) is 6.03. The molecule has 154 valence electrons. The standard InChI is InChI=1S/C20H15Cl2N3O3S2/c21-17-3-1-2-15(19(17)22)8-16-10-24-20(29-16)25-18(26)12-30(27,28)11-14-6-4-13(9-23)5-7-14/h1-7,10H,8,11-12H2,(H,24,25,26). The second-order valence-electron chi connectivity index (χ2n) is 6.41. The maximum Gasteiger partial charge on any atom is 0.241 e. The predicted molar refractivity (Wildman–Crippen MR) is 119 cm³/mol. The molecule has 0 radical (unpaired) electrons. The summed E-state index contributed by atoms with van der Waals surface area (Å²) in [4.78, 5) is 17.1. The van der Waals surface area contributed by atoms with Crippen molar-refractivity contribution in [3.8, 4) is 6.07 Å². The van der Waals surface area contributed by atoms with Crippen LogP contribution in [0.1, 0.15) is 21.6 Å². The van der Waals surface area contributed by atoms with Crippen molar-refractivity contribution in [1.29, 1.82) is 5.26 Å². The normalized spacial score (nSPS) is 11.1. The zero-order valence-electron chi connectivity index (χ0n) is 15.4. The number of amides is 1. The number of aromatic nitrogens is 1. The van der Waals surface area contributed by atoms with Crippen LogP contribution in [0, 0.1) is 11.3 Å². The Bertz CT molecular complexity index is 1220. The molecule has 0 fully saturated rings. The van der Waals surface area contributed by atoms with Crippen LogP contribution in [-0.2, 0) is 26.8 Å². The van der Waals surface area contributed by atoms with Gasteiger partial charge in [0, 0.05) is 17.5 Å². The van der Waals surface area contributed by atoms with Gasteiger partial charge in [0.2, 0.25) is 5.91 Å². The molecule has 0 unspecified atom stereocenters. The Morgan fingerprint density at radius 3 is 2.60 bits per heavy atom. The fourth-order valence-corrected chi connectivity index (χ4v) is 5.17. The highest BCUT2D eigenvalue weighted by molar-refractivity contribution is 7.91. The number of nitrogens with zero attached hydrogens (tertiary/aromatic N) is 2. The number of nitrogens with one attached hydrogen (secondary N) is 1. The molecule has 0 aliphatic rings. The van der Waals surface area contributed by atoms with Gasteiger partial charge in [-0.3, -0.25) is 4.79 Å². The summed E-state index contributed by atoms with van der Waals surface area (Å²) in [7, 11) is -3.68. The largest absolute Gasteiger partial charge is 0.301 e. The smallest absolute Gasteiger partial charge is 0.241 e. The summed E-state index contributed by atoms with van der Waals surface area (Å²) in [5.74, 6) is -1.62. The fraction of sp³-hybridized carbons (Fsp3) is 0.150. The summed E-state index contributed by atoms with van der Waals surface area (Å²) in [5, 5.41) is 12.5. The first-order valence-electron chi connectivity index (χ1n) is 8.62. The molecule has 1 aromatic heterocycles. The summed E-state index contributed by atoms with van der Waals surface area (Å²) in [6.07, 6.45) is 2.09. The lowest BCUT2D eigenvalue weighted by Crippen LogP contribution is -2.23. The van der Waals surface area contributed by atoms with E-state index in [0.29, 0.717) is 32.7 Å². The lowest BCUT2D eigenvalue weighted by atomic mass is 10.1. The Kier molecular flexibility index (Phi) is 7.10. The zero-order chi connectivity index (χ0) is 21.7. The number of thiazole rings is 1. The summed E-state index contributed by atoms with van der Waals surface area (Å²) in [5.41, 5.74) is 1.78. The van der Waals surface area contributed by atoms with Crippen molar-refractivity contribution in [2.75, 3.05) is 11.1 Å². The van der Waals surface area contributed by atoms with Gasteiger partial charge in [-0.05, 0) is 29.3 Å². The Labute approximate surface area is 188 Å². The SMILES string of the molecule is N#Cc1ccc(CS(=O)(=O)CC(=O)Nc2ncc(Cc3cccc(Cl)c3Cl)s2)cc1. The number of rotatable bonds is 7. The molecule has 0 bridgehead atoms. The van der Waals surface area contributed by atoms with Gasteiger partial charge < -0.3 is 5.32 Å². The fourth-order valence-electron chi connectivity index (χ4n) is 2.66. The van der Waals surface area contributed by atoms with Crippen molar-refractivity contribution in [1.82, 2.24) is 4.98 Å². The number of hydrogen-bond acceptors (Lipinski definition) is 6. The minimum Gasteiger partial charge on any atom is -0.301 e. The van der Waals surface area contributed by atoms with Crippen LogP contribution in [0.4, 0.5) is 5.13 Å². The average Bonchev–Trinajstić information content (AvgIpc) is 3.12. The molecule has 0 atom stereocenters. The molecule has 3 rings (SSSR count). The van der Waals surface area contributed by atoms with Crippen molar-refractivity contribution in [3.05, 3.63) is 80.3 Å². The molecule has 6 nitrogen and oxygen atoms in total. The summed E-state index contributed by atoms with van der Waals surface area (Å²) >= 11 is 13.4. The monoisotopic (exact) mass is 479 g/mol. The van der Waals surface area contributed by atoms with E-state index in [1.807, 2.05) is 12.1 Å². The minimum absolute atomic E-state index is 0.289. The van der Waals surface area contributed by atoms with Gasteiger partial charge in [0.15, 0.2) is 15.0 Å². The van der Waals surface area contributed by atoms with Gasteiger partial charge in [0.1, 0.15) is 5.75 Å². The first-order chi connectivity index (χ1) is 14.3. The molecule has 0 saturated heterocycles. The Morgan fingerprint density at radius 2 is 1.90 bits per heavy atom. The van der Waals surface area contributed by atoms with Crippen LogP contribution < -0.4 is 5.32 Å². The van der Waals surface area contributed by atoms with Gasteiger partial charge in [-0.15, -0.1) is 11.3 Å². The number of anilines is 1. The number of halogens is 2. The lowest BCUT2D eigenvalue weighted by Gasteiger charge is -2.05. The molecule has 2 aromatic carbocycles. The van der Waals surface area contributed by atoms with Crippen molar-refractivity contribution in [3.63, 3.8) is 0 Å². The van der Waals surface area contributed by atoms with E-state index < -0.39 is 21.5 Å². The van der Waals surface area contributed by atoms with Crippen molar-refractivity contribution < 1.29 is 13.2 Å². The van der Waals surface area contributed by atoms with Gasteiger partial charge in [0.05, 0.1) is 27.4 Å². The van der Waals surface area contributed by atoms with Crippen LogP contribution in [0.5, 0.6) is 0 Å². The topological polar surface area (TPSA) is 99.9 Å². The minimum atomic E-state index is -3.68. The number of nitriles is 1. The number of carbonyl (C=O) groups is 1. The van der Waals surface area contributed by atoms with Crippen molar-refractivity contribution >= 4 is 55.4 Å². The van der Waals surface area contributed by atoms with Crippen molar-refractivity contribution in [2.24, 2.45) is 0 Å². The van der Waals surface area contributed by atoms with Gasteiger partial charge in [0.25, 0.3) is 0 Å². The number of carbonyl (C=O) groups excluding carboxylic acids is 1. The van der Waals surface area contributed by atoms with Crippen LogP contribution >= 0.6 is 34.5 Å². The molecule has 1 heterocycles. The molecular formula is C20H15Cl2N3O3S2. The first kappa shape index (κ1) is 22.2. The van der Waals surface area contributed by atoms with Crippen LogP contribution in [0.2, 0.25) is 10.0 Å². The van der Waals surface area contributed by atoms with Crippen LogP contribution in [0.25, 0.3) is 0 Å². The van der Waals surface area contributed by atoms with E-state index in [0.717, 1.165) is 10.4 Å². The Morgan fingerprint density at radius 1 is 1.17 bits per heavy atom. The Hall–Kier alpha value is -2.44. The van der Waals surface area contributed by atoms with Crippen molar-refractivity contribution in [2.45, 2.75) is 12.2 Å². The quantitative estimate of drug-likeness (QED) is 0.538. The van der Waals surface area contributed by atoms with E-state index in [4.69, 9.17) is 28.5 Å². The third-order valence-electron chi connectivity index (χ3n) is 4.02. The maximum absolute atomic E-state index is 12.3. The number of hydrogen-bond donors (Lipinski definition) is 1. The molecule has 1 amide bonds.